The van der Waals surface area contributed by atoms with E-state index >= 15 is 0 Å². The van der Waals surface area contributed by atoms with Crippen molar-refractivity contribution in [1.82, 2.24) is 5.32 Å². The van der Waals surface area contributed by atoms with Gasteiger partial charge in [-0.05, 0) is 62.2 Å². The van der Waals surface area contributed by atoms with Gasteiger partial charge in [0.2, 0.25) is 10.0 Å². The molecule has 3 aromatic rings. The van der Waals surface area contributed by atoms with E-state index in [-0.39, 0.29) is 12.5 Å². The highest BCUT2D eigenvalue weighted by Crippen LogP contribution is 2.22. The molecule has 6 nitrogen and oxygen atoms in total. The van der Waals surface area contributed by atoms with E-state index in [1.54, 1.807) is 24.3 Å². The molecule has 0 aliphatic heterocycles. The Balaban J connectivity index is 1.60. The van der Waals surface area contributed by atoms with Gasteiger partial charge in [-0.1, -0.05) is 47.5 Å². The third-order valence-corrected chi connectivity index (χ3v) is 6.38. The number of sulfonamides is 1. The van der Waals surface area contributed by atoms with Crippen molar-refractivity contribution >= 4 is 21.6 Å². The molecular formula is C26H30N2O4S. The summed E-state index contributed by atoms with van der Waals surface area (Å²) in [6.07, 6.45) is 1.18. The fourth-order valence-corrected chi connectivity index (χ4v) is 4.32. The molecule has 0 fully saturated rings. The maximum absolute atomic E-state index is 12.5. The van der Waals surface area contributed by atoms with Gasteiger partial charge in [-0.2, -0.15) is 0 Å². The Morgan fingerprint density at radius 3 is 2.15 bits per heavy atom. The van der Waals surface area contributed by atoms with Gasteiger partial charge in [0.05, 0.1) is 25.0 Å². The second-order valence-corrected chi connectivity index (χ2v) is 10.1. The monoisotopic (exact) mass is 466 g/mol. The first-order valence-corrected chi connectivity index (χ1v) is 12.6. The lowest BCUT2D eigenvalue weighted by atomic mass is 10.1. The van der Waals surface area contributed by atoms with Crippen molar-refractivity contribution in [3.63, 3.8) is 0 Å². The summed E-state index contributed by atoms with van der Waals surface area (Å²) in [6.45, 7) is 6.93. The van der Waals surface area contributed by atoms with Crippen molar-refractivity contribution in [2.24, 2.45) is 0 Å². The highest BCUT2D eigenvalue weighted by atomic mass is 32.2. The molecule has 0 aliphatic carbocycles. The molecular weight excluding hydrogens is 436 g/mol. The minimum absolute atomic E-state index is 0.223. The van der Waals surface area contributed by atoms with Crippen LogP contribution in [0.2, 0.25) is 0 Å². The number of carbonyl (C=O) groups excluding carboxylic acids is 1. The van der Waals surface area contributed by atoms with E-state index in [2.05, 4.69) is 5.32 Å². The molecule has 0 aromatic heterocycles. The molecule has 1 amide bonds. The Bertz CT molecular complexity index is 1200. The maximum atomic E-state index is 12.5. The lowest BCUT2D eigenvalue weighted by Crippen LogP contribution is -2.30. The lowest BCUT2D eigenvalue weighted by Gasteiger charge is -2.23. The molecule has 174 valence electrons. The summed E-state index contributed by atoms with van der Waals surface area (Å²) < 4.78 is 31.8. The number of nitrogens with zero attached hydrogens (tertiary/aromatic N) is 1. The predicted octanol–water partition coefficient (Wildman–Crippen LogP) is 4.39. The molecule has 0 aliphatic rings. The summed E-state index contributed by atoms with van der Waals surface area (Å²) in [6, 6.07) is 20.2. The van der Waals surface area contributed by atoms with Crippen LogP contribution in [0.25, 0.3) is 0 Å². The summed E-state index contributed by atoms with van der Waals surface area (Å²) in [4.78, 5) is 12.5. The molecule has 0 bridgehead atoms. The average Bonchev–Trinajstić information content (AvgIpc) is 2.76. The number of carbonyl (C=O) groups is 1. The summed E-state index contributed by atoms with van der Waals surface area (Å²) >= 11 is 0. The number of rotatable bonds is 9. The second-order valence-electron chi connectivity index (χ2n) is 8.18. The molecule has 3 aromatic carbocycles. The highest BCUT2D eigenvalue weighted by Gasteiger charge is 2.18. The fourth-order valence-electron chi connectivity index (χ4n) is 3.43. The third-order valence-electron chi connectivity index (χ3n) is 5.24. The van der Waals surface area contributed by atoms with E-state index in [0.29, 0.717) is 24.4 Å². The first-order valence-electron chi connectivity index (χ1n) is 10.7. The van der Waals surface area contributed by atoms with Crippen LogP contribution in [0.5, 0.6) is 5.75 Å². The number of hydrogen-bond acceptors (Lipinski definition) is 4. The molecule has 0 saturated heterocycles. The number of nitrogens with one attached hydrogen (secondary N) is 1. The van der Waals surface area contributed by atoms with Crippen molar-refractivity contribution in [3.8, 4) is 5.75 Å². The quantitative estimate of drug-likeness (QED) is 0.475. The second kappa shape index (κ2) is 10.5. The number of benzene rings is 3. The number of aryl methyl sites for hydroxylation is 3. The molecule has 33 heavy (non-hydrogen) atoms. The van der Waals surface area contributed by atoms with Crippen molar-refractivity contribution in [3.05, 3.63) is 94.5 Å². The molecule has 0 heterocycles. The number of hydrogen-bond donors (Lipinski definition) is 1. The van der Waals surface area contributed by atoms with Crippen molar-refractivity contribution in [2.45, 2.75) is 27.3 Å². The predicted molar refractivity (Wildman–Crippen MR) is 132 cm³/mol. The molecule has 0 radical (unpaired) electrons. The third kappa shape index (κ3) is 6.83. The summed E-state index contributed by atoms with van der Waals surface area (Å²) in [5.74, 6) is 0.559. The van der Waals surface area contributed by atoms with Crippen molar-refractivity contribution in [2.75, 3.05) is 23.7 Å². The van der Waals surface area contributed by atoms with Crippen LogP contribution in [0.1, 0.15) is 32.6 Å². The van der Waals surface area contributed by atoms with Gasteiger partial charge in [-0.15, -0.1) is 0 Å². The molecule has 0 spiro atoms. The van der Waals surface area contributed by atoms with Crippen molar-refractivity contribution < 1.29 is 17.9 Å². The van der Waals surface area contributed by atoms with Gasteiger partial charge in [0.25, 0.3) is 5.91 Å². The molecule has 0 saturated carbocycles. The van der Waals surface area contributed by atoms with Crippen LogP contribution in [0.3, 0.4) is 0 Å². The van der Waals surface area contributed by atoms with Crippen LogP contribution in [-0.2, 0) is 16.6 Å². The zero-order valence-electron chi connectivity index (χ0n) is 19.5. The first-order chi connectivity index (χ1) is 15.6. The Kier molecular flexibility index (Phi) is 7.76. The molecule has 0 atom stereocenters. The highest BCUT2D eigenvalue weighted by molar-refractivity contribution is 7.92. The molecule has 1 N–H and O–H groups in total. The number of anilines is 1. The van der Waals surface area contributed by atoms with E-state index in [0.717, 1.165) is 22.4 Å². The van der Waals surface area contributed by atoms with Crippen molar-refractivity contribution in [1.29, 1.82) is 0 Å². The van der Waals surface area contributed by atoms with Gasteiger partial charge in [-0.25, -0.2) is 8.42 Å². The Hall–Kier alpha value is -3.32. The smallest absolute Gasteiger partial charge is 0.251 e. The standard InChI is InChI=1S/C26H30N2O4S/c1-19-5-8-22(9-6-19)18-28(33(4,30)31)24-12-10-23(11-13-24)26(29)27-15-16-32-25-14-7-20(2)17-21(25)3/h5-14,17H,15-16,18H2,1-4H3,(H,27,29). The Morgan fingerprint density at radius 1 is 0.909 bits per heavy atom. The fraction of sp³-hybridized carbons (Fsp3) is 0.269. The van der Waals surface area contributed by atoms with E-state index in [1.165, 1.54) is 16.1 Å². The number of ether oxygens (including phenoxy) is 1. The SMILES string of the molecule is Cc1ccc(CN(c2ccc(C(=O)NCCOc3ccc(C)cc3C)cc2)S(C)(=O)=O)cc1. The van der Waals surface area contributed by atoms with Gasteiger partial charge in [0.1, 0.15) is 12.4 Å². The summed E-state index contributed by atoms with van der Waals surface area (Å²) in [7, 11) is -3.49. The molecule has 3 rings (SSSR count). The maximum Gasteiger partial charge on any atom is 0.251 e. The lowest BCUT2D eigenvalue weighted by molar-refractivity contribution is 0.0947. The van der Waals surface area contributed by atoms with E-state index in [4.69, 9.17) is 4.74 Å². The van der Waals surface area contributed by atoms with Crippen LogP contribution in [0.15, 0.2) is 66.7 Å². The summed E-state index contributed by atoms with van der Waals surface area (Å²) in [5.41, 5.74) is 5.18. The topological polar surface area (TPSA) is 75.7 Å². The zero-order valence-corrected chi connectivity index (χ0v) is 20.3. The Morgan fingerprint density at radius 2 is 1.55 bits per heavy atom. The summed E-state index contributed by atoms with van der Waals surface area (Å²) in [5, 5.41) is 2.83. The van der Waals surface area contributed by atoms with E-state index in [9.17, 15) is 13.2 Å². The van der Waals surface area contributed by atoms with E-state index in [1.807, 2.05) is 63.2 Å². The van der Waals surface area contributed by atoms with Gasteiger partial charge in [0.15, 0.2) is 0 Å². The van der Waals surface area contributed by atoms with Crippen LogP contribution in [0.4, 0.5) is 5.69 Å². The number of amides is 1. The van der Waals surface area contributed by atoms with Gasteiger partial charge in [-0.3, -0.25) is 9.10 Å². The average molecular weight is 467 g/mol. The van der Waals surface area contributed by atoms with Gasteiger partial charge in [0, 0.05) is 5.56 Å². The van der Waals surface area contributed by atoms with Gasteiger partial charge < -0.3 is 10.1 Å². The van der Waals surface area contributed by atoms with Crippen LogP contribution < -0.4 is 14.4 Å². The normalized spacial score (nSPS) is 11.2. The zero-order chi connectivity index (χ0) is 24.0. The van der Waals surface area contributed by atoms with E-state index < -0.39 is 10.0 Å². The minimum atomic E-state index is -3.49. The van der Waals surface area contributed by atoms with Crippen LogP contribution in [-0.4, -0.2) is 33.7 Å². The minimum Gasteiger partial charge on any atom is -0.491 e. The molecule has 0 unspecified atom stereocenters. The molecule has 7 heteroatoms. The Labute approximate surface area is 196 Å². The first kappa shape index (κ1) is 24.3. The largest absolute Gasteiger partial charge is 0.491 e. The van der Waals surface area contributed by atoms with Crippen LogP contribution in [0, 0.1) is 20.8 Å². The van der Waals surface area contributed by atoms with Crippen LogP contribution >= 0.6 is 0 Å². The van der Waals surface area contributed by atoms with Gasteiger partial charge >= 0.3 is 0 Å².